The van der Waals surface area contributed by atoms with Crippen molar-refractivity contribution in [2.45, 2.75) is 4.21 Å². The normalized spacial score (nSPS) is 11.3. The van der Waals surface area contributed by atoms with Crippen LogP contribution >= 0.6 is 27.3 Å². The Morgan fingerprint density at radius 3 is 2.75 bits per heavy atom. The number of ether oxygens (including phenoxy) is 1. The first-order valence-corrected chi connectivity index (χ1v) is 8.81. The maximum absolute atomic E-state index is 12.2. The summed E-state index contributed by atoms with van der Waals surface area (Å²) in [5.41, 5.74) is 5.80. The van der Waals surface area contributed by atoms with Crippen LogP contribution in [-0.4, -0.2) is 21.6 Å². The van der Waals surface area contributed by atoms with Crippen molar-refractivity contribution in [2.24, 2.45) is 5.73 Å². The SMILES string of the molecule is NCCOc1cccc(NS(=O)(=O)c2ccc(Br)s2)c1. The van der Waals surface area contributed by atoms with Gasteiger partial charge >= 0.3 is 0 Å². The number of thiophene rings is 1. The molecule has 8 heteroatoms. The van der Waals surface area contributed by atoms with Crippen LogP contribution in [0.4, 0.5) is 5.69 Å². The first kappa shape index (κ1) is 15.3. The topological polar surface area (TPSA) is 81.4 Å². The van der Waals surface area contributed by atoms with E-state index in [1.807, 2.05) is 0 Å². The quantitative estimate of drug-likeness (QED) is 0.811. The number of sulfonamides is 1. The van der Waals surface area contributed by atoms with Crippen LogP contribution in [0.2, 0.25) is 0 Å². The molecule has 0 aliphatic heterocycles. The summed E-state index contributed by atoms with van der Waals surface area (Å²) < 4.78 is 33.2. The van der Waals surface area contributed by atoms with E-state index in [1.54, 1.807) is 36.4 Å². The van der Waals surface area contributed by atoms with Crippen LogP contribution < -0.4 is 15.2 Å². The maximum Gasteiger partial charge on any atom is 0.271 e. The summed E-state index contributed by atoms with van der Waals surface area (Å²) in [6.45, 7) is 0.785. The predicted molar refractivity (Wildman–Crippen MR) is 83.8 cm³/mol. The average Bonchev–Trinajstić information content (AvgIpc) is 2.84. The van der Waals surface area contributed by atoms with Gasteiger partial charge in [-0.2, -0.15) is 0 Å². The lowest BCUT2D eigenvalue weighted by atomic mass is 10.3. The number of nitrogens with two attached hydrogens (primary N) is 1. The molecule has 1 aromatic carbocycles. The number of benzene rings is 1. The van der Waals surface area contributed by atoms with Crippen LogP contribution in [0.1, 0.15) is 0 Å². The molecule has 1 heterocycles. The number of hydrogen-bond donors (Lipinski definition) is 2. The summed E-state index contributed by atoms with van der Waals surface area (Å²) in [6.07, 6.45) is 0. The van der Waals surface area contributed by atoms with Crippen LogP contribution in [0.25, 0.3) is 0 Å². The molecule has 0 radical (unpaired) electrons. The molecule has 0 amide bonds. The zero-order valence-corrected chi connectivity index (χ0v) is 13.6. The second kappa shape index (κ2) is 6.57. The molecule has 1 aromatic heterocycles. The Labute approximate surface area is 129 Å². The predicted octanol–water partition coefficient (Wildman–Crippen LogP) is 2.65. The molecule has 2 aromatic rings. The van der Waals surface area contributed by atoms with E-state index in [-0.39, 0.29) is 4.21 Å². The molecular weight excluding hydrogens is 364 g/mol. The van der Waals surface area contributed by atoms with E-state index in [0.717, 1.165) is 15.1 Å². The molecule has 3 N–H and O–H groups in total. The minimum absolute atomic E-state index is 0.248. The minimum Gasteiger partial charge on any atom is -0.492 e. The fraction of sp³-hybridized carbons (Fsp3) is 0.167. The fourth-order valence-corrected chi connectivity index (χ4v) is 4.53. The van der Waals surface area contributed by atoms with Crippen molar-refractivity contribution in [2.75, 3.05) is 17.9 Å². The summed E-state index contributed by atoms with van der Waals surface area (Å²) in [5, 5.41) is 0. The number of nitrogens with one attached hydrogen (secondary N) is 1. The second-order valence-electron chi connectivity index (χ2n) is 3.83. The largest absolute Gasteiger partial charge is 0.492 e. The van der Waals surface area contributed by atoms with Crippen LogP contribution in [0.5, 0.6) is 5.75 Å². The van der Waals surface area contributed by atoms with Crippen molar-refractivity contribution in [1.29, 1.82) is 0 Å². The Morgan fingerprint density at radius 2 is 2.10 bits per heavy atom. The van der Waals surface area contributed by atoms with Gasteiger partial charge in [0.05, 0.1) is 9.47 Å². The van der Waals surface area contributed by atoms with Gasteiger partial charge in [0.15, 0.2) is 0 Å². The molecule has 20 heavy (non-hydrogen) atoms. The fourth-order valence-electron chi connectivity index (χ4n) is 1.47. The van der Waals surface area contributed by atoms with Crippen LogP contribution in [0, 0.1) is 0 Å². The number of rotatable bonds is 6. The van der Waals surface area contributed by atoms with E-state index in [1.165, 1.54) is 0 Å². The highest BCUT2D eigenvalue weighted by Gasteiger charge is 2.16. The lowest BCUT2D eigenvalue weighted by Gasteiger charge is -2.09. The van der Waals surface area contributed by atoms with Gasteiger partial charge in [0, 0.05) is 12.6 Å². The smallest absolute Gasteiger partial charge is 0.271 e. The van der Waals surface area contributed by atoms with Gasteiger partial charge in [0.1, 0.15) is 16.6 Å². The van der Waals surface area contributed by atoms with Gasteiger partial charge in [-0.15, -0.1) is 11.3 Å². The van der Waals surface area contributed by atoms with Crippen LogP contribution in [0.3, 0.4) is 0 Å². The minimum atomic E-state index is -3.57. The number of anilines is 1. The third-order valence-corrected chi connectivity index (χ3v) is 5.78. The summed E-state index contributed by atoms with van der Waals surface area (Å²) in [7, 11) is -3.57. The monoisotopic (exact) mass is 376 g/mol. The van der Waals surface area contributed by atoms with E-state index < -0.39 is 10.0 Å². The molecule has 0 bridgehead atoms. The van der Waals surface area contributed by atoms with Crippen LogP contribution in [-0.2, 0) is 10.0 Å². The summed E-state index contributed by atoms with van der Waals surface area (Å²) in [4.78, 5) is 0. The molecule has 0 fully saturated rings. The molecule has 0 aliphatic rings. The second-order valence-corrected chi connectivity index (χ2v) is 8.20. The van der Waals surface area contributed by atoms with Gasteiger partial charge in [-0.1, -0.05) is 6.07 Å². The Hall–Kier alpha value is -1.09. The number of hydrogen-bond acceptors (Lipinski definition) is 5. The Kier molecular flexibility index (Phi) is 5.03. The molecule has 0 saturated carbocycles. The zero-order chi connectivity index (χ0) is 14.6. The van der Waals surface area contributed by atoms with Gasteiger partial charge in [-0.05, 0) is 40.2 Å². The van der Waals surface area contributed by atoms with Crippen molar-refractivity contribution in [3.05, 3.63) is 40.2 Å². The van der Waals surface area contributed by atoms with Gasteiger partial charge < -0.3 is 10.5 Å². The van der Waals surface area contributed by atoms with Crippen molar-refractivity contribution in [3.63, 3.8) is 0 Å². The van der Waals surface area contributed by atoms with E-state index >= 15 is 0 Å². The Morgan fingerprint density at radius 1 is 1.30 bits per heavy atom. The molecule has 0 spiro atoms. The maximum atomic E-state index is 12.2. The van der Waals surface area contributed by atoms with Crippen molar-refractivity contribution < 1.29 is 13.2 Å². The zero-order valence-electron chi connectivity index (χ0n) is 10.4. The lowest BCUT2D eigenvalue weighted by Crippen LogP contribution is -2.12. The van der Waals surface area contributed by atoms with Gasteiger partial charge in [-0.3, -0.25) is 4.72 Å². The van der Waals surface area contributed by atoms with Gasteiger partial charge in [0.2, 0.25) is 0 Å². The molecular formula is C12H13BrN2O3S2. The lowest BCUT2D eigenvalue weighted by molar-refractivity contribution is 0.328. The van der Waals surface area contributed by atoms with Crippen molar-refractivity contribution >= 4 is 43.0 Å². The third-order valence-electron chi connectivity index (χ3n) is 2.29. The first-order chi connectivity index (χ1) is 9.51. The standard InChI is InChI=1S/C12H13BrN2O3S2/c13-11-4-5-12(19-11)20(16,17)15-9-2-1-3-10(8-9)18-7-6-14/h1-5,8,15H,6-7,14H2. The summed E-state index contributed by atoms with van der Waals surface area (Å²) >= 11 is 4.39. The molecule has 2 rings (SSSR count). The highest BCUT2D eigenvalue weighted by atomic mass is 79.9. The molecule has 108 valence electrons. The molecule has 0 unspecified atom stereocenters. The van der Waals surface area contributed by atoms with Gasteiger partial charge in [0.25, 0.3) is 10.0 Å². The molecule has 0 saturated heterocycles. The third kappa shape index (κ3) is 3.95. The molecule has 5 nitrogen and oxygen atoms in total. The van der Waals surface area contributed by atoms with E-state index in [2.05, 4.69) is 20.7 Å². The Balaban J connectivity index is 2.17. The Bertz CT molecular complexity index is 686. The van der Waals surface area contributed by atoms with Crippen LogP contribution in [0.15, 0.2) is 44.4 Å². The van der Waals surface area contributed by atoms with E-state index in [0.29, 0.717) is 24.6 Å². The van der Waals surface area contributed by atoms with E-state index in [9.17, 15) is 8.42 Å². The first-order valence-electron chi connectivity index (χ1n) is 5.72. The molecule has 0 aliphatic carbocycles. The summed E-state index contributed by atoms with van der Waals surface area (Å²) in [6, 6.07) is 9.99. The van der Waals surface area contributed by atoms with Crippen molar-refractivity contribution in [3.8, 4) is 5.75 Å². The number of halogens is 1. The summed E-state index contributed by atoms with van der Waals surface area (Å²) in [5.74, 6) is 0.572. The van der Waals surface area contributed by atoms with Crippen molar-refractivity contribution in [1.82, 2.24) is 0 Å². The van der Waals surface area contributed by atoms with E-state index in [4.69, 9.17) is 10.5 Å². The highest BCUT2D eigenvalue weighted by Crippen LogP contribution is 2.28. The molecule has 0 atom stereocenters. The van der Waals surface area contributed by atoms with Gasteiger partial charge in [-0.25, -0.2) is 8.42 Å². The highest BCUT2D eigenvalue weighted by molar-refractivity contribution is 9.11. The average molecular weight is 377 g/mol.